The van der Waals surface area contributed by atoms with Crippen LogP contribution in [0, 0.1) is 6.92 Å². The number of nitrogens with zero attached hydrogens (tertiary/aromatic N) is 2. The van der Waals surface area contributed by atoms with Crippen molar-refractivity contribution in [2.45, 2.75) is 51.9 Å². The number of fused-ring (bicyclic) bond motifs is 1. The monoisotopic (exact) mass is 385 g/mol. The molecular weight excluding hydrogens is 358 g/mol. The zero-order chi connectivity index (χ0) is 20.1. The second kappa shape index (κ2) is 8.99. The lowest BCUT2D eigenvalue weighted by Gasteiger charge is -2.12. The van der Waals surface area contributed by atoms with E-state index in [1.165, 1.54) is 24.8 Å². The Morgan fingerprint density at radius 3 is 2.38 bits per heavy atom. The lowest BCUT2D eigenvalue weighted by molar-refractivity contribution is 0.0956. The predicted octanol–water partition coefficient (Wildman–Crippen LogP) is 6.04. The summed E-state index contributed by atoms with van der Waals surface area (Å²) in [4.78, 5) is 17.8. The van der Waals surface area contributed by atoms with E-state index in [0.717, 1.165) is 53.6 Å². The Balaban J connectivity index is 1.66. The van der Waals surface area contributed by atoms with Crippen molar-refractivity contribution >= 4 is 22.5 Å². The topological polar surface area (TPSA) is 54.4 Å². The third-order valence-corrected chi connectivity index (χ3v) is 5.55. The molecule has 2 aromatic carbocycles. The quantitative estimate of drug-likeness (QED) is 0.559. The van der Waals surface area contributed by atoms with Crippen molar-refractivity contribution in [2.24, 2.45) is 5.10 Å². The molecule has 1 amide bonds. The summed E-state index contributed by atoms with van der Waals surface area (Å²) in [7, 11) is 0. The van der Waals surface area contributed by atoms with E-state index in [2.05, 4.69) is 29.6 Å². The summed E-state index contributed by atoms with van der Waals surface area (Å²) in [5, 5.41) is 5.32. The molecule has 0 aliphatic heterocycles. The molecule has 1 aliphatic rings. The van der Waals surface area contributed by atoms with Crippen LogP contribution in [-0.4, -0.2) is 16.6 Å². The van der Waals surface area contributed by atoms with Crippen molar-refractivity contribution in [1.82, 2.24) is 10.4 Å². The smallest absolute Gasteiger partial charge is 0.267 e. The maximum atomic E-state index is 13.0. The van der Waals surface area contributed by atoms with E-state index >= 15 is 0 Å². The molecule has 0 unspecified atom stereocenters. The number of rotatable bonds is 3. The first-order valence-electron chi connectivity index (χ1n) is 10.5. The predicted molar refractivity (Wildman–Crippen MR) is 119 cm³/mol. The zero-order valence-electron chi connectivity index (χ0n) is 16.9. The van der Waals surface area contributed by atoms with Crippen LogP contribution >= 0.6 is 0 Å². The first kappa shape index (κ1) is 19.3. The van der Waals surface area contributed by atoms with Crippen LogP contribution < -0.4 is 5.43 Å². The molecular formula is C25H27N3O. The fourth-order valence-electron chi connectivity index (χ4n) is 3.85. The first-order valence-corrected chi connectivity index (χ1v) is 10.5. The largest absolute Gasteiger partial charge is 0.272 e. The Morgan fingerprint density at radius 1 is 0.931 bits per heavy atom. The van der Waals surface area contributed by atoms with Gasteiger partial charge in [-0.05, 0) is 44.7 Å². The lowest BCUT2D eigenvalue weighted by Crippen LogP contribution is -2.20. The molecule has 1 aliphatic carbocycles. The minimum atomic E-state index is -0.175. The van der Waals surface area contributed by atoms with Gasteiger partial charge >= 0.3 is 0 Å². The number of carbonyl (C=O) groups excluding carboxylic acids is 1. The minimum absolute atomic E-state index is 0.175. The number of carbonyl (C=O) groups is 1. The van der Waals surface area contributed by atoms with Gasteiger partial charge in [-0.25, -0.2) is 10.4 Å². The molecule has 148 valence electrons. The van der Waals surface area contributed by atoms with Crippen LogP contribution in [-0.2, 0) is 0 Å². The Bertz CT molecular complexity index is 1030. The van der Waals surface area contributed by atoms with Crippen LogP contribution in [0.2, 0.25) is 0 Å². The summed E-state index contributed by atoms with van der Waals surface area (Å²) in [6.07, 6.45) is 8.08. The maximum Gasteiger partial charge on any atom is 0.272 e. The van der Waals surface area contributed by atoms with Crippen molar-refractivity contribution < 1.29 is 4.79 Å². The standard InChI is InChI=1S/C25H27N3O/c1-18-13-15-19(16-14-18)24-17-22(21-11-7-8-12-23(21)26-24)25(29)28-27-20-9-5-3-2-4-6-10-20/h7-8,11-17H,2-6,9-10H2,1H3,(H,28,29). The number of aromatic nitrogens is 1. The van der Waals surface area contributed by atoms with Gasteiger partial charge in [-0.15, -0.1) is 0 Å². The second-order valence-corrected chi connectivity index (χ2v) is 7.82. The summed E-state index contributed by atoms with van der Waals surface area (Å²) in [6, 6.07) is 17.9. The number of amides is 1. The number of pyridine rings is 1. The van der Waals surface area contributed by atoms with Crippen molar-refractivity contribution in [1.29, 1.82) is 0 Å². The highest BCUT2D eigenvalue weighted by molar-refractivity contribution is 6.07. The molecule has 3 aromatic rings. The summed E-state index contributed by atoms with van der Waals surface area (Å²) >= 11 is 0. The zero-order valence-corrected chi connectivity index (χ0v) is 16.9. The highest BCUT2D eigenvalue weighted by Gasteiger charge is 2.14. The molecule has 0 radical (unpaired) electrons. The third-order valence-electron chi connectivity index (χ3n) is 5.55. The SMILES string of the molecule is Cc1ccc(-c2cc(C(=O)NN=C3CCCCCCC3)c3ccccc3n2)cc1. The van der Waals surface area contributed by atoms with Gasteiger partial charge < -0.3 is 0 Å². The Labute approximate surface area is 172 Å². The number of para-hydroxylation sites is 1. The van der Waals surface area contributed by atoms with Crippen molar-refractivity contribution in [2.75, 3.05) is 0 Å². The molecule has 4 rings (SSSR count). The van der Waals surface area contributed by atoms with Gasteiger partial charge in [0.15, 0.2) is 0 Å². The first-order chi connectivity index (χ1) is 14.2. The van der Waals surface area contributed by atoms with E-state index in [4.69, 9.17) is 4.98 Å². The molecule has 1 heterocycles. The van der Waals surface area contributed by atoms with Crippen LogP contribution in [0.25, 0.3) is 22.2 Å². The number of nitrogens with one attached hydrogen (secondary N) is 1. The molecule has 0 bridgehead atoms. The van der Waals surface area contributed by atoms with E-state index in [1.807, 2.05) is 42.5 Å². The van der Waals surface area contributed by atoms with Crippen LogP contribution in [0.5, 0.6) is 0 Å². The summed E-state index contributed by atoms with van der Waals surface area (Å²) in [6.45, 7) is 2.06. The molecule has 29 heavy (non-hydrogen) atoms. The molecule has 1 saturated carbocycles. The summed E-state index contributed by atoms with van der Waals surface area (Å²) in [5.41, 5.74) is 8.35. The number of hydrazone groups is 1. The van der Waals surface area contributed by atoms with Gasteiger partial charge in [0.2, 0.25) is 0 Å². The van der Waals surface area contributed by atoms with Gasteiger partial charge in [-0.2, -0.15) is 5.10 Å². The van der Waals surface area contributed by atoms with Crippen molar-refractivity contribution in [3.8, 4) is 11.3 Å². The van der Waals surface area contributed by atoms with E-state index < -0.39 is 0 Å². The normalized spacial score (nSPS) is 14.9. The van der Waals surface area contributed by atoms with Crippen molar-refractivity contribution in [3.05, 3.63) is 65.7 Å². The Hall–Kier alpha value is -3.01. The second-order valence-electron chi connectivity index (χ2n) is 7.82. The number of hydrogen-bond acceptors (Lipinski definition) is 3. The average molecular weight is 386 g/mol. The van der Waals surface area contributed by atoms with Gasteiger partial charge in [0.05, 0.1) is 16.8 Å². The molecule has 4 nitrogen and oxygen atoms in total. The highest BCUT2D eigenvalue weighted by atomic mass is 16.2. The Kier molecular flexibility index (Phi) is 5.99. The van der Waals surface area contributed by atoms with Gasteiger partial charge in [0.1, 0.15) is 0 Å². The number of hydrogen-bond donors (Lipinski definition) is 1. The summed E-state index contributed by atoms with van der Waals surface area (Å²) in [5.74, 6) is -0.175. The molecule has 4 heteroatoms. The molecule has 1 N–H and O–H groups in total. The molecule has 0 spiro atoms. The van der Waals surface area contributed by atoms with Crippen LogP contribution in [0.15, 0.2) is 59.7 Å². The lowest BCUT2D eigenvalue weighted by atomic mass is 9.99. The minimum Gasteiger partial charge on any atom is -0.267 e. The van der Waals surface area contributed by atoms with Gasteiger partial charge in [0, 0.05) is 16.7 Å². The van der Waals surface area contributed by atoms with Gasteiger partial charge in [-0.1, -0.05) is 67.3 Å². The van der Waals surface area contributed by atoms with E-state index in [0.29, 0.717) is 5.56 Å². The van der Waals surface area contributed by atoms with Crippen LogP contribution in [0.1, 0.15) is 60.9 Å². The summed E-state index contributed by atoms with van der Waals surface area (Å²) < 4.78 is 0. The van der Waals surface area contributed by atoms with Crippen molar-refractivity contribution in [3.63, 3.8) is 0 Å². The highest BCUT2D eigenvalue weighted by Crippen LogP contribution is 2.25. The van der Waals surface area contributed by atoms with E-state index in [-0.39, 0.29) is 5.91 Å². The van der Waals surface area contributed by atoms with E-state index in [9.17, 15) is 4.79 Å². The maximum absolute atomic E-state index is 13.0. The van der Waals surface area contributed by atoms with Crippen LogP contribution in [0.3, 0.4) is 0 Å². The molecule has 0 saturated heterocycles. The molecule has 1 aromatic heterocycles. The molecule has 0 atom stereocenters. The Morgan fingerprint density at radius 2 is 1.62 bits per heavy atom. The third kappa shape index (κ3) is 4.70. The fourth-order valence-corrected chi connectivity index (χ4v) is 3.85. The number of benzene rings is 2. The van der Waals surface area contributed by atoms with Gasteiger partial charge in [0.25, 0.3) is 5.91 Å². The molecule has 1 fully saturated rings. The van der Waals surface area contributed by atoms with Crippen LogP contribution in [0.4, 0.5) is 0 Å². The van der Waals surface area contributed by atoms with E-state index in [1.54, 1.807) is 0 Å². The van der Waals surface area contributed by atoms with Gasteiger partial charge in [-0.3, -0.25) is 4.79 Å². The number of aryl methyl sites for hydroxylation is 1. The average Bonchev–Trinajstić information content (AvgIpc) is 2.72. The fraction of sp³-hybridized carbons (Fsp3) is 0.320.